The maximum absolute atomic E-state index is 13.9. The van der Waals surface area contributed by atoms with Crippen LogP contribution < -0.4 is 14.5 Å². The Morgan fingerprint density at radius 3 is 1.79 bits per heavy atom. The van der Waals surface area contributed by atoms with Crippen molar-refractivity contribution in [2.75, 3.05) is 22.9 Å². The molecule has 4 aromatic carbocycles. The molecule has 2 N–H and O–H groups in total. The van der Waals surface area contributed by atoms with Gasteiger partial charge >= 0.3 is 6.09 Å². The maximum atomic E-state index is 13.9. The highest BCUT2D eigenvalue weighted by Gasteiger charge is 2.55. The maximum Gasteiger partial charge on any atom is 0.410 e. The Bertz CT molecular complexity index is 2190. The van der Waals surface area contributed by atoms with Crippen LogP contribution in [0.1, 0.15) is 77.3 Å². The molecule has 0 radical (unpaired) electrons. The molecule has 4 heterocycles. The lowest BCUT2D eigenvalue weighted by atomic mass is 9.80. The van der Waals surface area contributed by atoms with Gasteiger partial charge in [-0.3, -0.25) is 14.5 Å². The summed E-state index contributed by atoms with van der Waals surface area (Å²) < 4.78 is 39.0. The first-order chi connectivity index (χ1) is 29.2. The van der Waals surface area contributed by atoms with Crippen LogP contribution in [0.15, 0.2) is 103 Å². The number of nitrogens with zero attached hydrogens (tertiary/aromatic N) is 4. The SMILES string of the molecule is CC(C)Oc1cccc(CN2CC[C@]3(CC(O)C(=O)N3c3cccc(F)c3)C[C@@H]2C)c1.C[C@H]1C[C@]2(CCN1C(=O)OCc1ccccc1)CC(O)C(=O)N2c1cccc(F)c1. The monoisotopic (exact) mass is 838 g/mol. The van der Waals surface area contributed by atoms with E-state index in [4.69, 9.17) is 9.47 Å². The molecule has 4 aromatic rings. The first-order valence-electron chi connectivity index (χ1n) is 21.2. The van der Waals surface area contributed by atoms with Crippen molar-refractivity contribution >= 4 is 29.3 Å². The number of carbonyl (C=O) groups excluding carboxylic acids is 3. The van der Waals surface area contributed by atoms with Crippen molar-refractivity contribution in [3.63, 3.8) is 0 Å². The number of hydrogen-bond donors (Lipinski definition) is 2. The average Bonchev–Trinajstić information content (AvgIpc) is 3.60. The lowest BCUT2D eigenvalue weighted by Crippen LogP contribution is -2.57. The van der Waals surface area contributed by atoms with Crippen molar-refractivity contribution in [3.8, 4) is 5.75 Å². The molecule has 4 saturated heterocycles. The standard InChI is InChI=1S/C25H31FN2O3.C23H25FN2O4/c1-17(2)31-22-9-4-6-19(12-22)16-27-11-10-25(14-18(27)3)15-23(29)24(30)28(25)21-8-5-7-20(26)13-21;1-16-13-23(10-11-25(16)22(29)30-15-17-6-3-2-4-7-17)14-20(27)21(28)26(23)19-9-5-8-18(24)12-19/h4-9,12-13,17-18,23,29H,10-11,14-16H2,1-3H3;2-9,12,16,20,27H,10-11,13-15H2,1H3/t18-,23?,25+;16-,20?,23+/m00/s1. The second-order valence-corrected chi connectivity index (χ2v) is 17.3. The van der Waals surface area contributed by atoms with Crippen molar-refractivity contribution in [2.24, 2.45) is 0 Å². The number of ether oxygens (including phenoxy) is 2. The molecule has 0 aromatic heterocycles. The third-order valence-corrected chi connectivity index (χ3v) is 12.5. The van der Waals surface area contributed by atoms with Crippen molar-refractivity contribution in [1.82, 2.24) is 9.80 Å². The highest BCUT2D eigenvalue weighted by Crippen LogP contribution is 2.46. The molecule has 61 heavy (non-hydrogen) atoms. The number of amides is 3. The third-order valence-electron chi connectivity index (χ3n) is 12.5. The van der Waals surface area contributed by atoms with Gasteiger partial charge in [-0.1, -0.05) is 54.6 Å². The van der Waals surface area contributed by atoms with E-state index in [2.05, 4.69) is 24.0 Å². The van der Waals surface area contributed by atoms with Gasteiger partial charge in [0.15, 0.2) is 0 Å². The van der Waals surface area contributed by atoms with Crippen molar-refractivity contribution in [2.45, 2.75) is 121 Å². The van der Waals surface area contributed by atoms with Gasteiger partial charge < -0.3 is 34.4 Å². The Morgan fingerprint density at radius 1 is 0.705 bits per heavy atom. The summed E-state index contributed by atoms with van der Waals surface area (Å²) in [6, 6.07) is 29.6. The number of benzene rings is 4. The number of piperidine rings is 2. The molecule has 8 rings (SSSR count). The van der Waals surface area contributed by atoms with E-state index < -0.39 is 41.1 Å². The molecule has 2 spiro atoms. The fraction of sp³-hybridized carbons (Fsp3) is 0.438. The van der Waals surface area contributed by atoms with Gasteiger partial charge in [0.05, 0.1) is 17.2 Å². The van der Waals surface area contributed by atoms with Crippen LogP contribution in [0.2, 0.25) is 0 Å². The normalized spacial score (nSPS) is 26.5. The molecule has 0 aliphatic carbocycles. The average molecular weight is 839 g/mol. The van der Waals surface area contributed by atoms with Crippen molar-refractivity contribution in [3.05, 3.63) is 126 Å². The Hall–Kier alpha value is -5.37. The molecule has 11 nitrogen and oxygen atoms in total. The van der Waals surface area contributed by atoms with Gasteiger partial charge in [-0.25, -0.2) is 13.6 Å². The minimum absolute atomic E-state index is 0.129. The number of aliphatic hydroxyl groups excluding tert-OH is 2. The van der Waals surface area contributed by atoms with Gasteiger partial charge in [0.1, 0.15) is 36.2 Å². The molecule has 324 valence electrons. The molecule has 4 aliphatic rings. The smallest absolute Gasteiger partial charge is 0.410 e. The van der Waals surface area contributed by atoms with E-state index in [1.807, 2.05) is 63.2 Å². The van der Waals surface area contributed by atoms with Gasteiger partial charge in [-0.2, -0.15) is 0 Å². The number of carbonyl (C=O) groups is 3. The Labute approximate surface area is 356 Å². The van der Waals surface area contributed by atoms with Gasteiger partial charge in [-0.05, 0) is 113 Å². The molecular weight excluding hydrogens is 783 g/mol. The quantitative estimate of drug-likeness (QED) is 0.186. The van der Waals surface area contributed by atoms with E-state index in [0.29, 0.717) is 37.2 Å². The molecule has 13 heteroatoms. The molecule has 2 unspecified atom stereocenters. The summed E-state index contributed by atoms with van der Waals surface area (Å²) >= 11 is 0. The largest absolute Gasteiger partial charge is 0.491 e. The van der Waals surface area contributed by atoms with E-state index in [1.54, 1.807) is 34.1 Å². The lowest BCUT2D eigenvalue weighted by molar-refractivity contribution is -0.124. The summed E-state index contributed by atoms with van der Waals surface area (Å²) in [6.07, 6.45) is 0.645. The molecule has 3 amide bonds. The minimum Gasteiger partial charge on any atom is -0.491 e. The number of likely N-dealkylation sites (tertiary alicyclic amines) is 2. The Balaban J connectivity index is 0.000000184. The summed E-state index contributed by atoms with van der Waals surface area (Å²) in [7, 11) is 0. The van der Waals surface area contributed by atoms with Crippen LogP contribution in [0.5, 0.6) is 5.75 Å². The van der Waals surface area contributed by atoms with Crippen LogP contribution in [0, 0.1) is 11.6 Å². The lowest BCUT2D eigenvalue weighted by Gasteiger charge is -2.48. The number of aliphatic hydroxyl groups is 2. The number of hydrogen-bond acceptors (Lipinski definition) is 8. The zero-order chi connectivity index (χ0) is 43.5. The Morgan fingerprint density at radius 2 is 1.25 bits per heavy atom. The predicted octanol–water partition coefficient (Wildman–Crippen LogP) is 7.62. The zero-order valence-electron chi connectivity index (χ0n) is 35.3. The van der Waals surface area contributed by atoms with E-state index in [-0.39, 0.29) is 42.9 Å². The van der Waals surface area contributed by atoms with Gasteiger partial charge in [-0.15, -0.1) is 0 Å². The van der Waals surface area contributed by atoms with E-state index in [9.17, 15) is 33.4 Å². The molecule has 0 saturated carbocycles. The van der Waals surface area contributed by atoms with E-state index >= 15 is 0 Å². The van der Waals surface area contributed by atoms with Gasteiger partial charge in [0.25, 0.3) is 11.8 Å². The molecular formula is C48H56F2N4O7. The first kappa shape index (κ1) is 43.7. The van der Waals surface area contributed by atoms with Crippen LogP contribution in [-0.4, -0.2) is 92.5 Å². The van der Waals surface area contributed by atoms with Crippen molar-refractivity contribution < 1.29 is 42.9 Å². The van der Waals surface area contributed by atoms with Crippen LogP contribution in [0.25, 0.3) is 0 Å². The second kappa shape index (κ2) is 18.3. The van der Waals surface area contributed by atoms with Crippen LogP contribution in [0.3, 0.4) is 0 Å². The Kier molecular flexibility index (Phi) is 13.1. The summed E-state index contributed by atoms with van der Waals surface area (Å²) in [4.78, 5) is 45.4. The minimum atomic E-state index is -1.13. The number of rotatable bonds is 8. The summed E-state index contributed by atoms with van der Waals surface area (Å²) in [5.41, 5.74) is 1.92. The third kappa shape index (κ3) is 9.59. The predicted molar refractivity (Wildman–Crippen MR) is 228 cm³/mol. The summed E-state index contributed by atoms with van der Waals surface area (Å²) in [5, 5.41) is 20.7. The highest BCUT2D eigenvalue weighted by molar-refractivity contribution is 6.01. The van der Waals surface area contributed by atoms with Crippen LogP contribution in [0.4, 0.5) is 25.0 Å². The fourth-order valence-corrected chi connectivity index (χ4v) is 9.85. The molecule has 0 bridgehead atoms. The van der Waals surface area contributed by atoms with E-state index in [1.165, 1.54) is 34.7 Å². The molecule has 4 aliphatic heterocycles. The van der Waals surface area contributed by atoms with Crippen LogP contribution in [-0.2, 0) is 27.5 Å². The molecule has 6 atom stereocenters. The second-order valence-electron chi connectivity index (χ2n) is 17.3. The summed E-state index contributed by atoms with van der Waals surface area (Å²) in [6.45, 7) is 10.3. The molecule has 4 fully saturated rings. The van der Waals surface area contributed by atoms with Gasteiger partial charge in [0, 0.05) is 55.9 Å². The topological polar surface area (TPSA) is 123 Å². The van der Waals surface area contributed by atoms with E-state index in [0.717, 1.165) is 37.2 Å². The first-order valence-corrected chi connectivity index (χ1v) is 21.2. The zero-order valence-corrected chi connectivity index (χ0v) is 35.3. The van der Waals surface area contributed by atoms with Gasteiger partial charge in [0.2, 0.25) is 0 Å². The van der Waals surface area contributed by atoms with Crippen molar-refractivity contribution in [1.29, 1.82) is 0 Å². The summed E-state index contributed by atoms with van der Waals surface area (Å²) in [5.74, 6) is -0.698. The van der Waals surface area contributed by atoms with Crippen LogP contribution >= 0.6 is 0 Å². The number of halogens is 2. The fourth-order valence-electron chi connectivity index (χ4n) is 9.85. The highest BCUT2D eigenvalue weighted by atomic mass is 19.1. The number of anilines is 2.